The summed E-state index contributed by atoms with van der Waals surface area (Å²) < 4.78 is 19.4. The molecule has 3 aromatic carbocycles. The number of ether oxygens (including phenoxy) is 1. The second-order valence-electron chi connectivity index (χ2n) is 8.78. The van der Waals surface area contributed by atoms with Crippen LogP contribution in [0.15, 0.2) is 72.8 Å². The normalized spacial score (nSPS) is 14.5. The maximum Gasteiger partial charge on any atom is 0.324 e. The van der Waals surface area contributed by atoms with Gasteiger partial charge < -0.3 is 21.3 Å². The van der Waals surface area contributed by atoms with Crippen LogP contribution in [-0.4, -0.2) is 29.1 Å². The number of hydrogen-bond acceptors (Lipinski definition) is 5. The van der Waals surface area contributed by atoms with Gasteiger partial charge in [-0.25, -0.2) is 4.39 Å². The molecule has 3 aromatic rings. The zero-order chi connectivity index (χ0) is 25.6. The summed E-state index contributed by atoms with van der Waals surface area (Å²) in [6.07, 6.45) is 0.293. The van der Waals surface area contributed by atoms with Crippen molar-refractivity contribution in [3.8, 4) is 11.1 Å². The van der Waals surface area contributed by atoms with Crippen LogP contribution in [0, 0.1) is 11.2 Å². The van der Waals surface area contributed by atoms with Crippen molar-refractivity contribution in [3.63, 3.8) is 0 Å². The van der Waals surface area contributed by atoms with Gasteiger partial charge >= 0.3 is 11.9 Å². The molecule has 0 fully saturated rings. The van der Waals surface area contributed by atoms with E-state index in [0.29, 0.717) is 22.6 Å². The molecule has 3 rings (SSSR count). The molecule has 0 amide bonds. The molecular weight excluding hydrogens is 471 g/mol. The first kappa shape index (κ1) is 26.3. The Morgan fingerprint density at radius 1 is 1.03 bits per heavy atom. The number of carboxylic acid groups (broad SMARTS) is 1. The van der Waals surface area contributed by atoms with Crippen LogP contribution in [0.2, 0.25) is 5.02 Å². The predicted octanol–water partition coefficient (Wildman–Crippen LogP) is 4.57. The van der Waals surface area contributed by atoms with Gasteiger partial charge in [0.2, 0.25) is 0 Å². The molecule has 184 valence electrons. The quantitative estimate of drug-likeness (QED) is 0.353. The zero-order valence-electron chi connectivity index (χ0n) is 19.3. The van der Waals surface area contributed by atoms with Crippen molar-refractivity contribution < 1.29 is 23.8 Å². The third kappa shape index (κ3) is 6.66. The van der Waals surface area contributed by atoms with E-state index < -0.39 is 29.4 Å². The summed E-state index contributed by atoms with van der Waals surface area (Å²) in [5, 5.41) is 10.3. The van der Waals surface area contributed by atoms with Crippen LogP contribution in [0.1, 0.15) is 24.5 Å². The van der Waals surface area contributed by atoms with Crippen LogP contribution in [0.3, 0.4) is 0 Å². The van der Waals surface area contributed by atoms with Crippen molar-refractivity contribution in [1.82, 2.24) is 0 Å². The lowest BCUT2D eigenvalue weighted by atomic mass is 9.76. The van der Waals surface area contributed by atoms with Gasteiger partial charge in [0, 0.05) is 16.6 Å². The van der Waals surface area contributed by atoms with E-state index >= 15 is 0 Å². The average Bonchev–Trinajstić information content (AvgIpc) is 2.84. The average molecular weight is 499 g/mol. The Labute approximate surface area is 208 Å². The monoisotopic (exact) mass is 498 g/mol. The van der Waals surface area contributed by atoms with Gasteiger partial charge in [-0.2, -0.15) is 0 Å². The minimum absolute atomic E-state index is 0.00526. The van der Waals surface area contributed by atoms with Crippen molar-refractivity contribution in [2.75, 3.05) is 0 Å². The van der Waals surface area contributed by atoms with Crippen LogP contribution in [0.25, 0.3) is 11.1 Å². The van der Waals surface area contributed by atoms with Crippen molar-refractivity contribution in [2.24, 2.45) is 16.9 Å². The molecule has 6 nitrogen and oxygen atoms in total. The molecule has 5 N–H and O–H groups in total. The Bertz CT molecular complexity index is 1170. The smallest absolute Gasteiger partial charge is 0.324 e. The highest BCUT2D eigenvalue weighted by Crippen LogP contribution is 2.30. The van der Waals surface area contributed by atoms with Crippen molar-refractivity contribution in [2.45, 2.75) is 38.5 Å². The molecule has 0 saturated carbocycles. The van der Waals surface area contributed by atoms with E-state index in [-0.39, 0.29) is 18.8 Å². The fourth-order valence-electron chi connectivity index (χ4n) is 3.88. The number of nitrogens with two attached hydrogens (primary N) is 2. The van der Waals surface area contributed by atoms with Crippen LogP contribution < -0.4 is 11.5 Å². The van der Waals surface area contributed by atoms with Gasteiger partial charge in [0.25, 0.3) is 0 Å². The van der Waals surface area contributed by atoms with Gasteiger partial charge in [-0.3, -0.25) is 9.59 Å². The Morgan fingerprint density at radius 2 is 1.69 bits per heavy atom. The number of carbonyl (C=O) groups is 2. The van der Waals surface area contributed by atoms with Gasteiger partial charge in [-0.1, -0.05) is 66.2 Å². The topological polar surface area (TPSA) is 116 Å². The number of carboxylic acids is 1. The maximum absolute atomic E-state index is 14.1. The number of halogens is 2. The first-order valence-electron chi connectivity index (χ1n) is 11.1. The standard InChI is InChI=1S/C27H28ClFN2O4/c1-27(26(33)34,24(31)25(32)35-16-18-5-3-2-4-6-18)15-21(30)13-17-7-9-19(10-8-17)22-14-20(28)11-12-23(22)29/h2-12,14,21,24H,13,15-16,30-31H2,1H3,(H,33,34)/t21-,24?,27+/m1/s1. The molecule has 3 atom stereocenters. The molecule has 0 spiro atoms. The number of carbonyl (C=O) groups excluding carboxylic acids is 1. The highest BCUT2D eigenvalue weighted by Gasteiger charge is 2.45. The Balaban J connectivity index is 1.65. The second kappa shape index (κ2) is 11.4. The van der Waals surface area contributed by atoms with E-state index in [0.717, 1.165) is 11.1 Å². The van der Waals surface area contributed by atoms with Gasteiger partial charge in [0.15, 0.2) is 0 Å². The third-order valence-corrected chi connectivity index (χ3v) is 6.27. The molecule has 1 unspecified atom stereocenters. The molecule has 0 saturated heterocycles. The summed E-state index contributed by atoms with van der Waals surface area (Å²) in [5.74, 6) is -2.42. The molecule has 0 aromatic heterocycles. The Kier molecular flexibility index (Phi) is 8.62. The minimum Gasteiger partial charge on any atom is -0.481 e. The molecular formula is C27H28ClFN2O4. The highest BCUT2D eigenvalue weighted by molar-refractivity contribution is 6.30. The summed E-state index contributed by atoms with van der Waals surface area (Å²) in [5.41, 5.74) is 13.3. The first-order valence-corrected chi connectivity index (χ1v) is 11.5. The summed E-state index contributed by atoms with van der Waals surface area (Å²) in [6.45, 7) is 1.39. The second-order valence-corrected chi connectivity index (χ2v) is 9.22. The summed E-state index contributed by atoms with van der Waals surface area (Å²) in [4.78, 5) is 24.6. The van der Waals surface area contributed by atoms with Crippen LogP contribution in [-0.2, 0) is 27.4 Å². The number of aliphatic carboxylic acids is 1. The number of rotatable bonds is 10. The van der Waals surface area contributed by atoms with Crippen LogP contribution in [0.4, 0.5) is 4.39 Å². The fourth-order valence-corrected chi connectivity index (χ4v) is 4.06. The van der Waals surface area contributed by atoms with E-state index in [1.54, 1.807) is 42.5 Å². The molecule has 0 aliphatic heterocycles. The summed E-state index contributed by atoms with van der Waals surface area (Å²) in [6, 6.07) is 18.5. The van der Waals surface area contributed by atoms with Gasteiger partial charge in [-0.05, 0) is 54.7 Å². The highest BCUT2D eigenvalue weighted by atomic mass is 35.5. The van der Waals surface area contributed by atoms with Crippen molar-refractivity contribution in [3.05, 3.63) is 94.8 Å². The number of benzene rings is 3. The minimum atomic E-state index is -1.63. The van der Waals surface area contributed by atoms with Crippen LogP contribution in [0.5, 0.6) is 0 Å². The molecule has 0 radical (unpaired) electrons. The van der Waals surface area contributed by atoms with Gasteiger partial charge in [0.05, 0.1) is 5.41 Å². The van der Waals surface area contributed by atoms with Crippen molar-refractivity contribution >= 4 is 23.5 Å². The SMILES string of the molecule is C[C@@](C[C@H](N)Cc1ccc(-c2cc(Cl)ccc2F)cc1)(C(=O)O)C(N)C(=O)OCc1ccccc1. The number of hydrogen-bond donors (Lipinski definition) is 3. The first-order chi connectivity index (χ1) is 16.6. The largest absolute Gasteiger partial charge is 0.481 e. The lowest BCUT2D eigenvalue weighted by molar-refractivity contribution is -0.161. The zero-order valence-corrected chi connectivity index (χ0v) is 20.0. The Hall–Kier alpha value is -3.26. The van der Waals surface area contributed by atoms with Crippen LogP contribution >= 0.6 is 11.6 Å². The van der Waals surface area contributed by atoms with Crippen molar-refractivity contribution in [1.29, 1.82) is 0 Å². The van der Waals surface area contributed by atoms with E-state index in [9.17, 15) is 19.1 Å². The lowest BCUT2D eigenvalue weighted by Crippen LogP contribution is -2.53. The van der Waals surface area contributed by atoms with E-state index in [1.807, 2.05) is 18.2 Å². The molecule has 0 aliphatic rings. The molecule has 0 aliphatic carbocycles. The molecule has 8 heteroatoms. The van der Waals surface area contributed by atoms with E-state index in [1.165, 1.54) is 19.1 Å². The molecule has 0 bridgehead atoms. The predicted molar refractivity (Wildman–Crippen MR) is 133 cm³/mol. The summed E-state index contributed by atoms with van der Waals surface area (Å²) >= 11 is 5.98. The maximum atomic E-state index is 14.1. The summed E-state index contributed by atoms with van der Waals surface area (Å²) in [7, 11) is 0. The molecule has 0 heterocycles. The third-order valence-electron chi connectivity index (χ3n) is 6.03. The Morgan fingerprint density at radius 3 is 2.31 bits per heavy atom. The lowest BCUT2D eigenvalue weighted by Gasteiger charge is -2.32. The van der Waals surface area contributed by atoms with E-state index in [4.69, 9.17) is 27.8 Å². The number of esters is 1. The van der Waals surface area contributed by atoms with Gasteiger partial charge in [-0.15, -0.1) is 0 Å². The van der Waals surface area contributed by atoms with E-state index in [2.05, 4.69) is 0 Å². The molecule has 35 heavy (non-hydrogen) atoms. The van der Waals surface area contributed by atoms with Gasteiger partial charge in [0.1, 0.15) is 18.5 Å². The fraction of sp³-hybridized carbons (Fsp3) is 0.259.